The van der Waals surface area contributed by atoms with Gasteiger partial charge in [0, 0.05) is 25.2 Å². The van der Waals surface area contributed by atoms with Crippen molar-refractivity contribution in [3.8, 4) is 0 Å². The summed E-state index contributed by atoms with van der Waals surface area (Å²) in [6.45, 7) is 19.9. The van der Waals surface area contributed by atoms with E-state index in [1.807, 2.05) is 13.8 Å². The first kappa shape index (κ1) is 31.1. The van der Waals surface area contributed by atoms with Gasteiger partial charge >= 0.3 is 0 Å². The van der Waals surface area contributed by atoms with Gasteiger partial charge < -0.3 is 14.5 Å². The maximum atomic E-state index is 12.8. The van der Waals surface area contributed by atoms with E-state index in [0.717, 1.165) is 62.1 Å². The zero-order chi connectivity index (χ0) is 27.2. The highest BCUT2D eigenvalue weighted by molar-refractivity contribution is 5.96. The van der Waals surface area contributed by atoms with Gasteiger partial charge in [0.2, 0.25) is 5.91 Å². The fraction of sp³-hybridized carbons (Fsp3) is 0.667. The SMILES string of the molecule is C=C.CC.COC1=C(CCN2CCC(C/C(C)=C/C(C)=C3\CCN(CC4CC4)C3=O)CC2)CCCC=C1. The Morgan fingerprint density at radius 1 is 1.05 bits per heavy atom. The molecule has 1 saturated carbocycles. The molecule has 4 aliphatic rings. The summed E-state index contributed by atoms with van der Waals surface area (Å²) in [5, 5.41) is 0. The van der Waals surface area contributed by atoms with Crippen molar-refractivity contribution in [3.05, 3.63) is 59.4 Å². The Labute approximate surface area is 228 Å². The van der Waals surface area contributed by atoms with Crippen LogP contribution in [-0.2, 0) is 9.53 Å². The average Bonchev–Trinajstić information content (AvgIpc) is 3.71. The van der Waals surface area contributed by atoms with Crippen LogP contribution in [0.2, 0.25) is 0 Å². The monoisotopic (exact) mass is 510 g/mol. The molecule has 0 aromatic rings. The Morgan fingerprint density at radius 3 is 2.41 bits per heavy atom. The molecule has 0 aromatic heterocycles. The highest BCUT2D eigenvalue weighted by Gasteiger charge is 2.32. The van der Waals surface area contributed by atoms with E-state index in [0.29, 0.717) is 5.91 Å². The van der Waals surface area contributed by atoms with Crippen LogP contribution >= 0.6 is 0 Å². The Balaban J connectivity index is 0.00000115. The van der Waals surface area contributed by atoms with Gasteiger partial charge in [-0.1, -0.05) is 31.6 Å². The fourth-order valence-corrected chi connectivity index (χ4v) is 5.80. The summed E-state index contributed by atoms with van der Waals surface area (Å²) < 4.78 is 5.63. The van der Waals surface area contributed by atoms with E-state index in [-0.39, 0.29) is 0 Å². The van der Waals surface area contributed by atoms with Crippen molar-refractivity contribution >= 4 is 5.91 Å². The molecule has 2 heterocycles. The van der Waals surface area contributed by atoms with Crippen LogP contribution in [0.4, 0.5) is 0 Å². The van der Waals surface area contributed by atoms with Crippen LogP contribution in [-0.4, -0.2) is 55.5 Å². The molecule has 0 bridgehead atoms. The van der Waals surface area contributed by atoms with E-state index in [1.54, 1.807) is 7.11 Å². The molecule has 0 aromatic carbocycles. The topological polar surface area (TPSA) is 32.8 Å². The molecule has 4 nitrogen and oxygen atoms in total. The fourth-order valence-electron chi connectivity index (χ4n) is 5.80. The molecule has 2 aliphatic carbocycles. The van der Waals surface area contributed by atoms with Crippen molar-refractivity contribution in [2.75, 3.05) is 39.8 Å². The van der Waals surface area contributed by atoms with E-state index >= 15 is 0 Å². The lowest BCUT2D eigenvalue weighted by molar-refractivity contribution is -0.125. The molecule has 4 rings (SSSR count). The Hall–Kier alpha value is -2.07. The first-order chi connectivity index (χ1) is 18.0. The van der Waals surface area contributed by atoms with Gasteiger partial charge in [0.15, 0.2) is 0 Å². The number of carbonyl (C=O) groups excluding carboxylic acids is 1. The second-order valence-corrected chi connectivity index (χ2v) is 10.8. The summed E-state index contributed by atoms with van der Waals surface area (Å²) >= 11 is 0. The average molecular weight is 511 g/mol. The van der Waals surface area contributed by atoms with E-state index < -0.39 is 0 Å². The van der Waals surface area contributed by atoms with Gasteiger partial charge in [-0.15, -0.1) is 13.2 Å². The normalized spacial score (nSPS) is 22.7. The highest BCUT2D eigenvalue weighted by atomic mass is 16.5. The van der Waals surface area contributed by atoms with Gasteiger partial charge in [0.1, 0.15) is 5.76 Å². The highest BCUT2D eigenvalue weighted by Crippen LogP contribution is 2.33. The van der Waals surface area contributed by atoms with E-state index in [2.05, 4.69) is 55.0 Å². The maximum absolute atomic E-state index is 12.8. The Kier molecular flexibility index (Phi) is 14.1. The number of allylic oxidation sites excluding steroid dienone is 5. The predicted octanol–water partition coefficient (Wildman–Crippen LogP) is 7.85. The van der Waals surface area contributed by atoms with Gasteiger partial charge in [-0.2, -0.15) is 0 Å². The van der Waals surface area contributed by atoms with Gasteiger partial charge in [-0.3, -0.25) is 4.79 Å². The van der Waals surface area contributed by atoms with Crippen molar-refractivity contribution in [2.45, 2.75) is 91.9 Å². The molecule has 37 heavy (non-hydrogen) atoms. The summed E-state index contributed by atoms with van der Waals surface area (Å²) in [5.74, 6) is 2.95. The maximum Gasteiger partial charge on any atom is 0.250 e. The number of carbonyl (C=O) groups is 1. The first-order valence-corrected chi connectivity index (χ1v) is 14.8. The number of methoxy groups -OCH3 is 1. The van der Waals surface area contributed by atoms with Crippen molar-refractivity contribution in [3.63, 3.8) is 0 Å². The molecular weight excluding hydrogens is 456 g/mol. The van der Waals surface area contributed by atoms with Gasteiger partial charge in [-0.05, 0) is 120 Å². The second-order valence-electron chi connectivity index (χ2n) is 10.8. The third-order valence-electron chi connectivity index (χ3n) is 8.03. The van der Waals surface area contributed by atoms with Crippen molar-refractivity contribution in [2.24, 2.45) is 11.8 Å². The minimum Gasteiger partial charge on any atom is -0.497 e. The van der Waals surface area contributed by atoms with E-state index in [1.165, 1.54) is 74.8 Å². The summed E-state index contributed by atoms with van der Waals surface area (Å²) in [5.41, 5.74) is 5.19. The molecular formula is C33H54N2O2. The summed E-state index contributed by atoms with van der Waals surface area (Å²) in [4.78, 5) is 17.5. The molecule has 3 fully saturated rings. The number of nitrogens with zero attached hydrogens (tertiary/aromatic N) is 2. The predicted molar refractivity (Wildman–Crippen MR) is 158 cm³/mol. The molecule has 4 heteroatoms. The lowest BCUT2D eigenvalue weighted by Gasteiger charge is -2.32. The number of likely N-dealkylation sites (tertiary alicyclic amines) is 2. The zero-order valence-electron chi connectivity index (χ0n) is 24.6. The van der Waals surface area contributed by atoms with E-state index in [4.69, 9.17) is 4.74 Å². The summed E-state index contributed by atoms with van der Waals surface area (Å²) in [6.07, 6.45) is 18.7. The van der Waals surface area contributed by atoms with Crippen LogP contribution < -0.4 is 0 Å². The quantitative estimate of drug-likeness (QED) is 0.234. The third-order valence-corrected chi connectivity index (χ3v) is 8.03. The van der Waals surface area contributed by atoms with Gasteiger partial charge in [-0.25, -0.2) is 0 Å². The molecule has 2 saturated heterocycles. The second kappa shape index (κ2) is 16.7. The minimum atomic E-state index is 0.299. The number of piperidine rings is 1. The first-order valence-electron chi connectivity index (χ1n) is 14.8. The molecule has 0 spiro atoms. The minimum absolute atomic E-state index is 0.299. The molecule has 0 radical (unpaired) electrons. The third kappa shape index (κ3) is 9.96. The van der Waals surface area contributed by atoms with Crippen molar-refractivity contribution < 1.29 is 9.53 Å². The number of ether oxygens (including phenoxy) is 1. The molecule has 1 amide bonds. The molecule has 0 N–H and O–H groups in total. The van der Waals surface area contributed by atoms with Crippen LogP contribution in [0.3, 0.4) is 0 Å². The number of amides is 1. The molecule has 0 atom stereocenters. The standard InChI is InChI=1S/C29H44N2O2.C2H6.C2H4/c1-22(19-23(2)27-14-18-31(29(27)32)21-25-9-10-25)20-24-11-15-30(16-12-24)17-13-26-7-5-4-6-8-28(26)33-3;2*1-2/h6,8,19,24-25H,4-5,7,9-18,20-21H2,1-3H3;1-2H3;1-2H2/b22-19+,27-23+;;. The van der Waals surface area contributed by atoms with Crippen molar-refractivity contribution in [1.82, 2.24) is 9.80 Å². The van der Waals surface area contributed by atoms with Crippen LogP contribution in [0.5, 0.6) is 0 Å². The smallest absolute Gasteiger partial charge is 0.250 e. The molecule has 208 valence electrons. The lowest BCUT2D eigenvalue weighted by Crippen LogP contribution is -2.34. The Bertz CT molecular complexity index is 838. The van der Waals surface area contributed by atoms with Crippen LogP contribution in [0.25, 0.3) is 0 Å². The largest absolute Gasteiger partial charge is 0.497 e. The number of hydrogen-bond acceptors (Lipinski definition) is 3. The van der Waals surface area contributed by atoms with Crippen molar-refractivity contribution in [1.29, 1.82) is 0 Å². The van der Waals surface area contributed by atoms with E-state index in [9.17, 15) is 4.79 Å². The lowest BCUT2D eigenvalue weighted by atomic mass is 9.89. The number of rotatable bonds is 9. The van der Waals surface area contributed by atoms with Gasteiger partial charge in [0.05, 0.1) is 7.11 Å². The zero-order valence-corrected chi connectivity index (χ0v) is 24.6. The summed E-state index contributed by atoms with van der Waals surface area (Å²) in [6, 6.07) is 0. The van der Waals surface area contributed by atoms with Crippen LogP contribution in [0.1, 0.15) is 91.9 Å². The van der Waals surface area contributed by atoms with Crippen LogP contribution in [0.15, 0.2) is 59.4 Å². The number of hydrogen-bond donors (Lipinski definition) is 0. The molecule has 2 aliphatic heterocycles. The summed E-state index contributed by atoms with van der Waals surface area (Å²) in [7, 11) is 1.80. The van der Waals surface area contributed by atoms with Gasteiger partial charge in [0.25, 0.3) is 0 Å². The van der Waals surface area contributed by atoms with Crippen LogP contribution in [0, 0.1) is 11.8 Å². The molecule has 0 unspecified atom stereocenters. The Morgan fingerprint density at radius 2 is 1.76 bits per heavy atom.